The molecule has 0 aliphatic heterocycles. The Morgan fingerprint density at radius 2 is 1.75 bits per heavy atom. The second-order valence-electron chi connectivity index (χ2n) is 6.77. The summed E-state index contributed by atoms with van der Waals surface area (Å²) in [5.41, 5.74) is 1.66. The number of aryl methyl sites for hydroxylation is 2. The van der Waals surface area contributed by atoms with E-state index in [1.807, 2.05) is 6.92 Å². The van der Waals surface area contributed by atoms with E-state index in [-0.39, 0.29) is 15.6 Å². The van der Waals surface area contributed by atoms with Gasteiger partial charge in [-0.05, 0) is 74.6 Å². The van der Waals surface area contributed by atoms with Gasteiger partial charge >= 0.3 is 0 Å². The summed E-state index contributed by atoms with van der Waals surface area (Å²) in [6, 6.07) is 12.4. The highest BCUT2D eigenvalue weighted by Crippen LogP contribution is 2.22. The monoisotopic (exact) mass is 505 g/mol. The van der Waals surface area contributed by atoms with E-state index in [1.54, 1.807) is 31.2 Å². The number of thiazole rings is 1. The lowest BCUT2D eigenvalue weighted by atomic mass is 10.3. The number of fused-ring (bicyclic) bond motifs is 1. The van der Waals surface area contributed by atoms with Gasteiger partial charge in [-0.1, -0.05) is 11.6 Å². The van der Waals surface area contributed by atoms with Crippen molar-refractivity contribution in [2.24, 2.45) is 0 Å². The topological polar surface area (TPSA) is 106 Å². The molecule has 0 unspecified atom stereocenters. The summed E-state index contributed by atoms with van der Waals surface area (Å²) in [5.74, 6) is 0. The van der Waals surface area contributed by atoms with Gasteiger partial charge in [-0.2, -0.15) is 9.78 Å². The molecule has 0 saturated heterocycles. The van der Waals surface area contributed by atoms with Crippen LogP contribution in [0.4, 0.5) is 5.69 Å². The summed E-state index contributed by atoms with van der Waals surface area (Å²) in [4.78, 5) is 17.1. The Bertz CT molecular complexity index is 1490. The fourth-order valence-electron chi connectivity index (χ4n) is 2.97. The van der Waals surface area contributed by atoms with E-state index in [4.69, 9.17) is 23.8 Å². The predicted octanol–water partition coefficient (Wildman–Crippen LogP) is 3.79. The molecular weight excluding hydrogens is 490 g/mol. The molecule has 2 heterocycles. The smallest absolute Gasteiger partial charge is 0.298 e. The first-order valence-corrected chi connectivity index (χ1v) is 12.3. The maximum Gasteiger partial charge on any atom is 0.298 e. The van der Waals surface area contributed by atoms with Crippen molar-refractivity contribution >= 4 is 66.2 Å². The number of nitrogens with zero attached hydrogens (tertiary/aromatic N) is 3. The number of anilines is 1. The predicted molar refractivity (Wildman–Crippen MR) is 130 cm³/mol. The van der Waals surface area contributed by atoms with E-state index in [0.717, 1.165) is 9.71 Å². The van der Waals surface area contributed by atoms with Crippen LogP contribution in [0.3, 0.4) is 0 Å². The van der Waals surface area contributed by atoms with Crippen LogP contribution < -0.4 is 15.6 Å². The average molecular weight is 506 g/mol. The van der Waals surface area contributed by atoms with Crippen LogP contribution in [0.2, 0.25) is 5.02 Å². The number of halogens is 1. The Labute approximate surface area is 197 Å². The third-order valence-corrected chi connectivity index (χ3v) is 7.46. The van der Waals surface area contributed by atoms with Crippen molar-refractivity contribution in [3.63, 3.8) is 0 Å². The molecule has 2 aromatic carbocycles. The van der Waals surface area contributed by atoms with E-state index in [0.29, 0.717) is 27.6 Å². The fourth-order valence-corrected chi connectivity index (χ4v) is 5.30. The molecule has 12 heteroatoms. The van der Waals surface area contributed by atoms with Crippen LogP contribution in [0.5, 0.6) is 0 Å². The van der Waals surface area contributed by atoms with Gasteiger partial charge in [0.2, 0.25) is 0 Å². The standard InChI is InChI=1S/C20H16ClN5O3S3/c1-11-18-17(22-12(2)31-18)19(27)26(24-11)15-7-9-16(10-8-15)32(28,29)25-20(30)23-14-5-3-13(21)4-6-14/h3-10H,1-2H3,(H2,23,25,30). The molecule has 0 aliphatic carbocycles. The number of hydrogen-bond acceptors (Lipinski definition) is 7. The van der Waals surface area contributed by atoms with Gasteiger partial charge in [0.05, 0.1) is 26.0 Å². The van der Waals surface area contributed by atoms with Crippen LogP contribution in [-0.2, 0) is 10.0 Å². The molecule has 0 amide bonds. The van der Waals surface area contributed by atoms with Crippen LogP contribution in [0.25, 0.3) is 15.9 Å². The summed E-state index contributed by atoms with van der Waals surface area (Å²) in [5, 5.41) is 8.37. The summed E-state index contributed by atoms with van der Waals surface area (Å²) >= 11 is 12.4. The lowest BCUT2D eigenvalue weighted by molar-refractivity contribution is 0.593. The Morgan fingerprint density at radius 1 is 1.09 bits per heavy atom. The van der Waals surface area contributed by atoms with Crippen molar-refractivity contribution in [2.75, 3.05) is 5.32 Å². The summed E-state index contributed by atoms with van der Waals surface area (Å²) in [6.45, 7) is 3.63. The summed E-state index contributed by atoms with van der Waals surface area (Å²) in [7, 11) is -3.93. The maximum absolute atomic E-state index is 12.8. The quantitative estimate of drug-likeness (QED) is 0.406. The molecular formula is C20H16ClN5O3S3. The van der Waals surface area contributed by atoms with Crippen LogP contribution >= 0.6 is 35.2 Å². The van der Waals surface area contributed by atoms with E-state index >= 15 is 0 Å². The average Bonchev–Trinajstić information content (AvgIpc) is 3.15. The van der Waals surface area contributed by atoms with Gasteiger partial charge in [0.25, 0.3) is 15.6 Å². The maximum atomic E-state index is 12.8. The highest BCUT2D eigenvalue weighted by atomic mass is 35.5. The van der Waals surface area contributed by atoms with Crippen molar-refractivity contribution in [3.05, 3.63) is 74.6 Å². The van der Waals surface area contributed by atoms with Crippen molar-refractivity contribution in [2.45, 2.75) is 18.7 Å². The van der Waals surface area contributed by atoms with E-state index in [1.165, 1.54) is 40.3 Å². The van der Waals surface area contributed by atoms with Crippen LogP contribution in [0.1, 0.15) is 10.7 Å². The Morgan fingerprint density at radius 3 is 2.41 bits per heavy atom. The van der Waals surface area contributed by atoms with Gasteiger partial charge in [-0.25, -0.2) is 13.4 Å². The van der Waals surface area contributed by atoms with Gasteiger partial charge in [-0.3, -0.25) is 9.52 Å². The molecule has 32 heavy (non-hydrogen) atoms. The fraction of sp³-hybridized carbons (Fsp3) is 0.100. The number of nitrogens with one attached hydrogen (secondary N) is 2. The lowest BCUT2D eigenvalue weighted by Crippen LogP contribution is -2.34. The highest BCUT2D eigenvalue weighted by molar-refractivity contribution is 7.92. The third kappa shape index (κ3) is 4.51. The second-order valence-corrected chi connectivity index (χ2v) is 10.5. The molecule has 4 rings (SSSR count). The van der Waals surface area contributed by atoms with E-state index < -0.39 is 10.0 Å². The molecule has 0 fully saturated rings. The number of rotatable bonds is 4. The Hall–Kier alpha value is -2.86. The van der Waals surface area contributed by atoms with Crippen LogP contribution in [-0.4, -0.2) is 28.3 Å². The molecule has 0 saturated carbocycles. The zero-order valence-corrected chi connectivity index (χ0v) is 20.0. The van der Waals surface area contributed by atoms with Gasteiger partial charge < -0.3 is 5.32 Å². The van der Waals surface area contributed by atoms with Crippen LogP contribution in [0, 0.1) is 13.8 Å². The van der Waals surface area contributed by atoms with Crippen molar-refractivity contribution in [3.8, 4) is 5.69 Å². The lowest BCUT2D eigenvalue weighted by Gasteiger charge is -2.12. The molecule has 0 aliphatic rings. The zero-order valence-electron chi connectivity index (χ0n) is 16.8. The third-order valence-electron chi connectivity index (χ3n) is 4.43. The first-order chi connectivity index (χ1) is 15.1. The van der Waals surface area contributed by atoms with Crippen molar-refractivity contribution < 1.29 is 8.42 Å². The molecule has 2 aromatic heterocycles. The minimum Gasteiger partial charge on any atom is -0.332 e. The minimum absolute atomic E-state index is 0.0168. The molecule has 4 aromatic rings. The Balaban J connectivity index is 1.57. The Kier molecular flexibility index (Phi) is 5.99. The van der Waals surface area contributed by atoms with Crippen LogP contribution in [0.15, 0.2) is 58.2 Å². The summed E-state index contributed by atoms with van der Waals surface area (Å²) < 4.78 is 29.6. The molecule has 0 spiro atoms. The zero-order chi connectivity index (χ0) is 23.0. The number of hydrogen-bond donors (Lipinski definition) is 2. The molecule has 0 atom stereocenters. The molecule has 0 bridgehead atoms. The van der Waals surface area contributed by atoms with Gasteiger partial charge in [0.15, 0.2) is 10.6 Å². The van der Waals surface area contributed by atoms with Gasteiger partial charge in [0, 0.05) is 10.7 Å². The molecule has 2 N–H and O–H groups in total. The SMILES string of the molecule is Cc1nc2c(=O)n(-c3ccc(S(=O)(=O)NC(=S)Nc4ccc(Cl)cc4)cc3)nc(C)c2s1. The summed E-state index contributed by atoms with van der Waals surface area (Å²) in [6.07, 6.45) is 0. The molecule has 0 radical (unpaired) electrons. The first kappa shape index (κ1) is 22.3. The van der Waals surface area contributed by atoms with E-state index in [2.05, 4.69) is 20.1 Å². The molecule has 8 nitrogen and oxygen atoms in total. The number of aromatic nitrogens is 3. The normalized spacial score (nSPS) is 11.5. The second kappa shape index (κ2) is 8.58. The molecule has 164 valence electrons. The van der Waals surface area contributed by atoms with Crippen molar-refractivity contribution in [1.82, 2.24) is 19.5 Å². The van der Waals surface area contributed by atoms with E-state index in [9.17, 15) is 13.2 Å². The number of benzene rings is 2. The number of sulfonamides is 1. The number of thiocarbonyl (C=S) groups is 1. The van der Waals surface area contributed by atoms with Gasteiger partial charge in [-0.15, -0.1) is 11.3 Å². The first-order valence-electron chi connectivity index (χ1n) is 9.21. The minimum atomic E-state index is -3.93. The largest absolute Gasteiger partial charge is 0.332 e. The highest BCUT2D eigenvalue weighted by Gasteiger charge is 2.18. The van der Waals surface area contributed by atoms with Crippen molar-refractivity contribution in [1.29, 1.82) is 0 Å². The van der Waals surface area contributed by atoms with Gasteiger partial charge in [0.1, 0.15) is 0 Å².